The first-order valence-corrected chi connectivity index (χ1v) is 7.02. The molecule has 3 heteroatoms. The van der Waals surface area contributed by atoms with Gasteiger partial charge in [-0.1, -0.05) is 48.5 Å². The van der Waals surface area contributed by atoms with E-state index in [4.69, 9.17) is 9.47 Å². The molecule has 1 aliphatic heterocycles. The van der Waals surface area contributed by atoms with Gasteiger partial charge in [0.1, 0.15) is 11.9 Å². The van der Waals surface area contributed by atoms with Crippen LogP contribution in [0.1, 0.15) is 11.7 Å². The van der Waals surface area contributed by atoms with Crippen LogP contribution in [0.5, 0.6) is 5.75 Å². The summed E-state index contributed by atoms with van der Waals surface area (Å²) in [5.41, 5.74) is 1.14. The van der Waals surface area contributed by atoms with Gasteiger partial charge in [-0.2, -0.15) is 0 Å². The normalized spacial score (nSPS) is 20.3. The van der Waals surface area contributed by atoms with Crippen molar-refractivity contribution in [2.75, 3.05) is 19.7 Å². The predicted octanol–water partition coefficient (Wildman–Crippen LogP) is 2.80. The van der Waals surface area contributed by atoms with Gasteiger partial charge in [0, 0.05) is 13.1 Å². The Kier molecular flexibility index (Phi) is 4.31. The first-order chi connectivity index (χ1) is 9.93. The summed E-state index contributed by atoms with van der Waals surface area (Å²) >= 11 is 0. The monoisotopic (exact) mass is 269 g/mol. The third-order valence-corrected chi connectivity index (χ3v) is 3.43. The molecule has 0 aromatic heterocycles. The maximum absolute atomic E-state index is 6.18. The predicted molar refractivity (Wildman–Crippen MR) is 78.9 cm³/mol. The lowest BCUT2D eigenvalue weighted by atomic mass is 10.0. The lowest BCUT2D eigenvalue weighted by Gasteiger charge is -2.31. The van der Waals surface area contributed by atoms with Gasteiger partial charge in [-0.3, -0.25) is 0 Å². The van der Waals surface area contributed by atoms with Gasteiger partial charge in [-0.25, -0.2) is 0 Å². The summed E-state index contributed by atoms with van der Waals surface area (Å²) in [7, 11) is 0. The molecule has 1 unspecified atom stereocenters. The fourth-order valence-electron chi connectivity index (χ4n) is 2.43. The van der Waals surface area contributed by atoms with E-state index in [-0.39, 0.29) is 12.2 Å². The molecule has 0 radical (unpaired) electrons. The number of benzene rings is 2. The van der Waals surface area contributed by atoms with Gasteiger partial charge in [-0.15, -0.1) is 0 Å². The Balaban J connectivity index is 1.83. The molecule has 2 atom stereocenters. The minimum Gasteiger partial charge on any atom is -0.483 e. The number of hydrogen-bond donors (Lipinski definition) is 1. The van der Waals surface area contributed by atoms with E-state index in [1.165, 1.54) is 0 Å². The zero-order chi connectivity index (χ0) is 13.6. The van der Waals surface area contributed by atoms with Crippen molar-refractivity contribution in [2.24, 2.45) is 0 Å². The van der Waals surface area contributed by atoms with Gasteiger partial charge in [0.2, 0.25) is 0 Å². The lowest BCUT2D eigenvalue weighted by molar-refractivity contribution is -0.0432. The molecule has 1 N–H and O–H groups in total. The van der Waals surface area contributed by atoms with Crippen molar-refractivity contribution in [1.82, 2.24) is 5.32 Å². The molecule has 0 aliphatic carbocycles. The van der Waals surface area contributed by atoms with Gasteiger partial charge >= 0.3 is 0 Å². The third-order valence-electron chi connectivity index (χ3n) is 3.43. The molecular weight excluding hydrogens is 250 g/mol. The Hall–Kier alpha value is -1.84. The SMILES string of the molecule is c1ccc(O[C@@H](c2ccccc2)C2CNCCO2)cc1. The largest absolute Gasteiger partial charge is 0.483 e. The van der Waals surface area contributed by atoms with E-state index in [0.717, 1.165) is 31.0 Å². The highest BCUT2D eigenvalue weighted by atomic mass is 16.5. The first-order valence-electron chi connectivity index (χ1n) is 7.02. The second kappa shape index (κ2) is 6.55. The van der Waals surface area contributed by atoms with Crippen molar-refractivity contribution in [3.63, 3.8) is 0 Å². The van der Waals surface area contributed by atoms with Crippen LogP contribution in [0.25, 0.3) is 0 Å². The molecule has 1 heterocycles. The van der Waals surface area contributed by atoms with Gasteiger partial charge in [0.05, 0.1) is 6.61 Å². The summed E-state index contributed by atoms with van der Waals surface area (Å²) < 4.78 is 12.1. The number of para-hydroxylation sites is 1. The van der Waals surface area contributed by atoms with E-state index in [9.17, 15) is 0 Å². The van der Waals surface area contributed by atoms with Crippen LogP contribution in [0.2, 0.25) is 0 Å². The van der Waals surface area contributed by atoms with Crippen LogP contribution in [-0.4, -0.2) is 25.8 Å². The molecule has 3 rings (SSSR count). The Bertz CT molecular complexity index is 509. The summed E-state index contributed by atoms with van der Waals surface area (Å²) in [5.74, 6) is 0.871. The van der Waals surface area contributed by atoms with Crippen molar-refractivity contribution in [3.05, 3.63) is 66.2 Å². The summed E-state index contributed by atoms with van der Waals surface area (Å²) in [6.45, 7) is 2.45. The van der Waals surface area contributed by atoms with Crippen LogP contribution in [0.4, 0.5) is 0 Å². The second-order valence-electron chi connectivity index (χ2n) is 4.88. The highest BCUT2D eigenvalue weighted by molar-refractivity contribution is 5.25. The maximum Gasteiger partial charge on any atom is 0.151 e. The van der Waals surface area contributed by atoms with Crippen molar-refractivity contribution in [2.45, 2.75) is 12.2 Å². The smallest absolute Gasteiger partial charge is 0.151 e. The molecule has 0 bridgehead atoms. The van der Waals surface area contributed by atoms with Crippen LogP contribution in [-0.2, 0) is 4.74 Å². The number of ether oxygens (including phenoxy) is 2. The highest BCUT2D eigenvalue weighted by Gasteiger charge is 2.27. The van der Waals surface area contributed by atoms with E-state index in [0.29, 0.717) is 0 Å². The number of hydrogen-bond acceptors (Lipinski definition) is 3. The zero-order valence-corrected chi connectivity index (χ0v) is 11.4. The number of nitrogens with one attached hydrogen (secondary N) is 1. The Morgan fingerprint density at radius 1 is 1.00 bits per heavy atom. The molecule has 0 spiro atoms. The summed E-state index contributed by atoms with van der Waals surface area (Å²) in [6, 6.07) is 20.2. The molecule has 2 aromatic carbocycles. The third kappa shape index (κ3) is 3.18. The minimum absolute atomic E-state index is 0.0337. The van der Waals surface area contributed by atoms with Crippen LogP contribution in [0.3, 0.4) is 0 Å². The van der Waals surface area contributed by atoms with Crippen molar-refractivity contribution < 1.29 is 9.47 Å². The number of rotatable bonds is 4. The molecule has 3 nitrogen and oxygen atoms in total. The average Bonchev–Trinajstić information content (AvgIpc) is 2.55. The fourth-order valence-corrected chi connectivity index (χ4v) is 2.43. The molecule has 1 saturated heterocycles. The Morgan fingerprint density at radius 2 is 1.70 bits per heavy atom. The van der Waals surface area contributed by atoms with E-state index in [2.05, 4.69) is 17.4 Å². The molecule has 104 valence electrons. The van der Waals surface area contributed by atoms with Crippen LogP contribution < -0.4 is 10.1 Å². The molecule has 1 aliphatic rings. The van der Waals surface area contributed by atoms with Crippen LogP contribution in [0.15, 0.2) is 60.7 Å². The number of morpholine rings is 1. The molecule has 20 heavy (non-hydrogen) atoms. The minimum atomic E-state index is -0.0913. The Morgan fingerprint density at radius 3 is 2.35 bits per heavy atom. The fraction of sp³-hybridized carbons (Fsp3) is 0.294. The average molecular weight is 269 g/mol. The highest BCUT2D eigenvalue weighted by Crippen LogP contribution is 2.27. The topological polar surface area (TPSA) is 30.5 Å². The summed E-state index contributed by atoms with van der Waals surface area (Å²) in [6.07, 6.45) is -0.0576. The molecular formula is C17H19NO2. The second-order valence-corrected chi connectivity index (χ2v) is 4.88. The molecule has 0 saturated carbocycles. The van der Waals surface area contributed by atoms with Crippen LogP contribution in [0, 0.1) is 0 Å². The molecule has 0 amide bonds. The first kappa shape index (κ1) is 13.2. The van der Waals surface area contributed by atoms with Gasteiger partial charge in [0.15, 0.2) is 6.10 Å². The molecule has 2 aromatic rings. The van der Waals surface area contributed by atoms with Gasteiger partial charge < -0.3 is 14.8 Å². The Labute approximate surface area is 119 Å². The summed E-state index contributed by atoms with van der Waals surface area (Å²) in [4.78, 5) is 0. The van der Waals surface area contributed by atoms with E-state index in [1.54, 1.807) is 0 Å². The van der Waals surface area contributed by atoms with E-state index in [1.807, 2.05) is 48.5 Å². The summed E-state index contributed by atoms with van der Waals surface area (Å²) in [5, 5.41) is 3.37. The van der Waals surface area contributed by atoms with Gasteiger partial charge in [-0.05, 0) is 17.7 Å². The van der Waals surface area contributed by atoms with E-state index >= 15 is 0 Å². The zero-order valence-electron chi connectivity index (χ0n) is 11.4. The van der Waals surface area contributed by atoms with Crippen molar-refractivity contribution in [1.29, 1.82) is 0 Å². The van der Waals surface area contributed by atoms with E-state index < -0.39 is 0 Å². The standard InChI is InChI=1S/C17H19NO2/c1-3-7-14(8-4-1)17(16-13-18-11-12-19-16)20-15-9-5-2-6-10-15/h1-10,16-18H,11-13H2/t16?,17-/m0/s1. The lowest BCUT2D eigenvalue weighted by Crippen LogP contribution is -2.43. The van der Waals surface area contributed by atoms with Crippen molar-refractivity contribution >= 4 is 0 Å². The van der Waals surface area contributed by atoms with Crippen LogP contribution >= 0.6 is 0 Å². The van der Waals surface area contributed by atoms with Crippen molar-refractivity contribution in [3.8, 4) is 5.75 Å². The van der Waals surface area contributed by atoms with Gasteiger partial charge in [0.25, 0.3) is 0 Å². The quantitative estimate of drug-likeness (QED) is 0.926. The molecule has 1 fully saturated rings. The maximum atomic E-state index is 6.18.